The number of rotatable bonds is 2. The van der Waals surface area contributed by atoms with Gasteiger partial charge in [0.05, 0.1) is 11.6 Å². The van der Waals surface area contributed by atoms with Crippen LogP contribution in [0.5, 0.6) is 0 Å². The summed E-state index contributed by atoms with van der Waals surface area (Å²) in [6.45, 7) is 2.14. The van der Waals surface area contributed by atoms with Crippen molar-refractivity contribution in [1.82, 2.24) is 15.5 Å². The fraction of sp³-hybridized carbons (Fsp3) is 0.556. The van der Waals surface area contributed by atoms with Gasteiger partial charge in [0.25, 0.3) is 0 Å². The molecule has 1 unspecified atom stereocenters. The molecule has 0 spiro atoms. The monoisotopic (exact) mass is 347 g/mol. The summed E-state index contributed by atoms with van der Waals surface area (Å²) in [4.78, 5) is 25.3. The number of amides is 2. The van der Waals surface area contributed by atoms with E-state index >= 15 is 4.39 Å². The first-order chi connectivity index (χ1) is 12.0. The van der Waals surface area contributed by atoms with E-state index in [0.29, 0.717) is 63.0 Å². The van der Waals surface area contributed by atoms with Gasteiger partial charge in [-0.25, -0.2) is 4.39 Å². The van der Waals surface area contributed by atoms with Crippen molar-refractivity contribution in [2.45, 2.75) is 50.4 Å². The van der Waals surface area contributed by atoms with Gasteiger partial charge in [-0.15, -0.1) is 0 Å². The van der Waals surface area contributed by atoms with Crippen LogP contribution in [0.3, 0.4) is 0 Å². The van der Waals surface area contributed by atoms with Crippen LogP contribution in [0.15, 0.2) is 12.1 Å². The third-order valence-electron chi connectivity index (χ3n) is 5.66. The number of halogens is 1. The molecule has 1 aromatic rings. The summed E-state index contributed by atoms with van der Waals surface area (Å²) in [6.07, 6.45) is 1.74. The summed E-state index contributed by atoms with van der Waals surface area (Å²) in [5.41, 5.74) is 0.641. The van der Waals surface area contributed by atoms with Gasteiger partial charge in [0, 0.05) is 30.6 Å². The Balaban J connectivity index is 1.59. The molecule has 2 saturated heterocycles. The second-order valence-corrected chi connectivity index (χ2v) is 7.22. The standard InChI is InChI=1S/C18H22FN3O3/c19-16-12-10-22(14-3-4-15(23)21-17(14)24)9-11(12)1-2-13(16)18(25)5-7-20-8-6-18/h1-2,14,20,25H,3-10H2,(H,21,23,24). The third-order valence-corrected chi connectivity index (χ3v) is 5.66. The summed E-state index contributed by atoms with van der Waals surface area (Å²) in [7, 11) is 0. The fourth-order valence-electron chi connectivity index (χ4n) is 4.18. The van der Waals surface area contributed by atoms with E-state index in [1.165, 1.54) is 0 Å². The normalized spacial score (nSPS) is 26.4. The van der Waals surface area contributed by atoms with Crippen LogP contribution in [0.1, 0.15) is 42.4 Å². The van der Waals surface area contributed by atoms with Crippen LogP contribution in [0.4, 0.5) is 4.39 Å². The molecular formula is C18H22FN3O3. The minimum Gasteiger partial charge on any atom is -0.385 e. The SMILES string of the molecule is O=C1CCC(N2Cc3ccc(C4(O)CCNCC4)c(F)c3C2)C(=O)N1. The molecule has 3 aliphatic heterocycles. The van der Waals surface area contributed by atoms with Crippen LogP contribution >= 0.6 is 0 Å². The van der Waals surface area contributed by atoms with Gasteiger partial charge in [-0.3, -0.25) is 19.8 Å². The number of carbonyl (C=O) groups is 2. The van der Waals surface area contributed by atoms with E-state index < -0.39 is 11.6 Å². The molecule has 0 radical (unpaired) electrons. The van der Waals surface area contributed by atoms with Crippen LogP contribution in [0, 0.1) is 5.82 Å². The lowest BCUT2D eigenvalue weighted by molar-refractivity contribution is -0.137. The Morgan fingerprint density at radius 2 is 1.96 bits per heavy atom. The summed E-state index contributed by atoms with van der Waals surface area (Å²) >= 11 is 0. The molecule has 3 N–H and O–H groups in total. The zero-order chi connectivity index (χ0) is 17.6. The minimum atomic E-state index is -1.13. The number of carbonyl (C=O) groups excluding carboxylic acids is 2. The van der Waals surface area contributed by atoms with Gasteiger partial charge in [-0.05, 0) is 37.9 Å². The largest absolute Gasteiger partial charge is 0.385 e. The molecule has 0 aromatic heterocycles. The maximum absolute atomic E-state index is 15.1. The molecule has 6 nitrogen and oxygen atoms in total. The quantitative estimate of drug-likeness (QED) is 0.680. The molecule has 0 bridgehead atoms. The molecule has 0 aliphatic carbocycles. The van der Waals surface area contributed by atoms with E-state index in [0.717, 1.165) is 5.56 Å². The average Bonchev–Trinajstić information content (AvgIpc) is 3.00. The van der Waals surface area contributed by atoms with E-state index in [1.54, 1.807) is 6.07 Å². The van der Waals surface area contributed by atoms with Crippen molar-refractivity contribution in [2.24, 2.45) is 0 Å². The first kappa shape index (κ1) is 16.6. The van der Waals surface area contributed by atoms with Crippen LogP contribution in [-0.2, 0) is 28.3 Å². The number of hydrogen-bond donors (Lipinski definition) is 3. The van der Waals surface area contributed by atoms with Crippen molar-refractivity contribution in [1.29, 1.82) is 0 Å². The molecule has 3 heterocycles. The average molecular weight is 347 g/mol. The molecule has 1 atom stereocenters. The molecule has 3 aliphatic rings. The van der Waals surface area contributed by atoms with Crippen molar-refractivity contribution >= 4 is 11.8 Å². The second-order valence-electron chi connectivity index (χ2n) is 7.22. The fourth-order valence-corrected chi connectivity index (χ4v) is 4.18. The third kappa shape index (κ3) is 2.86. The first-order valence-electron chi connectivity index (χ1n) is 8.79. The number of nitrogens with one attached hydrogen (secondary N) is 2. The maximum atomic E-state index is 15.1. The number of benzene rings is 1. The van der Waals surface area contributed by atoms with Gasteiger partial charge in [0.15, 0.2) is 0 Å². The minimum absolute atomic E-state index is 0.250. The van der Waals surface area contributed by atoms with Gasteiger partial charge >= 0.3 is 0 Å². The zero-order valence-electron chi connectivity index (χ0n) is 14.0. The summed E-state index contributed by atoms with van der Waals surface area (Å²) in [6, 6.07) is 3.14. The molecule has 2 amide bonds. The number of nitrogens with zero attached hydrogens (tertiary/aromatic N) is 1. The van der Waals surface area contributed by atoms with Crippen LogP contribution < -0.4 is 10.6 Å². The Bertz CT molecular complexity index is 731. The van der Waals surface area contributed by atoms with Crippen LogP contribution in [0.25, 0.3) is 0 Å². The molecule has 134 valence electrons. The second kappa shape index (κ2) is 6.16. The predicted molar refractivity (Wildman–Crippen MR) is 87.8 cm³/mol. The lowest BCUT2D eigenvalue weighted by atomic mass is 9.83. The molecule has 2 fully saturated rings. The van der Waals surface area contributed by atoms with Gasteiger partial charge in [-0.2, -0.15) is 0 Å². The highest BCUT2D eigenvalue weighted by molar-refractivity contribution is 6.00. The summed E-state index contributed by atoms with van der Waals surface area (Å²) in [5, 5.41) is 16.4. The van der Waals surface area contributed by atoms with Crippen molar-refractivity contribution < 1.29 is 19.1 Å². The number of aliphatic hydroxyl groups is 1. The van der Waals surface area contributed by atoms with E-state index in [2.05, 4.69) is 10.6 Å². The van der Waals surface area contributed by atoms with Crippen LogP contribution in [-0.4, -0.2) is 41.0 Å². The number of hydrogen-bond acceptors (Lipinski definition) is 5. The molecule has 4 rings (SSSR count). The molecule has 0 saturated carbocycles. The van der Waals surface area contributed by atoms with Crippen molar-refractivity contribution in [3.63, 3.8) is 0 Å². The Morgan fingerprint density at radius 3 is 2.68 bits per heavy atom. The van der Waals surface area contributed by atoms with Gasteiger partial charge in [0.1, 0.15) is 5.82 Å². The zero-order valence-corrected chi connectivity index (χ0v) is 14.0. The highest BCUT2D eigenvalue weighted by Crippen LogP contribution is 2.37. The molecule has 25 heavy (non-hydrogen) atoms. The molecular weight excluding hydrogens is 325 g/mol. The Kier molecular flexibility index (Phi) is 4.10. The number of piperidine rings is 2. The highest BCUT2D eigenvalue weighted by atomic mass is 19.1. The smallest absolute Gasteiger partial charge is 0.243 e. The maximum Gasteiger partial charge on any atom is 0.243 e. The Labute approximate surface area is 145 Å². The lowest BCUT2D eigenvalue weighted by Crippen LogP contribution is -2.50. The molecule has 7 heteroatoms. The van der Waals surface area contributed by atoms with Gasteiger partial charge < -0.3 is 10.4 Å². The Hall–Kier alpha value is -1.83. The predicted octanol–water partition coefficient (Wildman–Crippen LogP) is 0.517. The summed E-state index contributed by atoms with van der Waals surface area (Å²) < 4.78 is 15.1. The van der Waals surface area contributed by atoms with E-state index in [4.69, 9.17) is 0 Å². The van der Waals surface area contributed by atoms with E-state index in [-0.39, 0.29) is 17.6 Å². The van der Waals surface area contributed by atoms with Crippen molar-refractivity contribution in [2.75, 3.05) is 13.1 Å². The highest BCUT2D eigenvalue weighted by Gasteiger charge is 2.39. The van der Waals surface area contributed by atoms with Crippen LogP contribution in [0.2, 0.25) is 0 Å². The van der Waals surface area contributed by atoms with E-state index in [1.807, 2.05) is 11.0 Å². The number of imide groups is 1. The number of fused-ring (bicyclic) bond motifs is 1. The first-order valence-corrected chi connectivity index (χ1v) is 8.79. The van der Waals surface area contributed by atoms with Crippen molar-refractivity contribution in [3.05, 3.63) is 34.6 Å². The molecule has 1 aromatic carbocycles. The lowest BCUT2D eigenvalue weighted by Gasteiger charge is -2.33. The van der Waals surface area contributed by atoms with E-state index in [9.17, 15) is 14.7 Å². The van der Waals surface area contributed by atoms with Gasteiger partial charge in [0.2, 0.25) is 11.8 Å². The topological polar surface area (TPSA) is 81.7 Å². The van der Waals surface area contributed by atoms with Gasteiger partial charge in [-0.1, -0.05) is 12.1 Å². The van der Waals surface area contributed by atoms with Crippen molar-refractivity contribution in [3.8, 4) is 0 Å². The Morgan fingerprint density at radius 1 is 1.20 bits per heavy atom. The summed E-state index contributed by atoms with van der Waals surface area (Å²) in [5.74, 6) is -0.905.